The summed E-state index contributed by atoms with van der Waals surface area (Å²) >= 11 is 1.84. The minimum absolute atomic E-state index is 0.992. The number of anilines is 1. The molecule has 0 spiro atoms. The molecule has 1 aromatic heterocycles. The third-order valence-corrected chi connectivity index (χ3v) is 3.68. The van der Waals surface area contributed by atoms with Gasteiger partial charge in [0.05, 0.1) is 11.3 Å². The molecular weight excluding hydrogens is 204 g/mol. The molecule has 0 saturated heterocycles. The van der Waals surface area contributed by atoms with E-state index in [9.17, 15) is 0 Å². The van der Waals surface area contributed by atoms with Crippen LogP contribution in [0.4, 0.5) is 5.00 Å². The molecule has 0 atom stereocenters. The maximum Gasteiger partial charge on any atom is 0.0992 e. The summed E-state index contributed by atoms with van der Waals surface area (Å²) in [7, 11) is 0. The molecule has 0 bridgehead atoms. The Kier molecular flexibility index (Phi) is 3.78. The Morgan fingerprint density at radius 2 is 2.47 bits per heavy atom. The van der Waals surface area contributed by atoms with Gasteiger partial charge in [-0.3, -0.25) is 4.99 Å². The molecule has 2 heterocycles. The van der Waals surface area contributed by atoms with Crippen LogP contribution < -0.4 is 4.90 Å². The lowest BCUT2D eigenvalue weighted by molar-refractivity contribution is 0.781. The normalized spacial score (nSPS) is 15.9. The first kappa shape index (κ1) is 10.7. The smallest absolute Gasteiger partial charge is 0.0992 e. The molecule has 1 aliphatic rings. The van der Waals surface area contributed by atoms with Crippen molar-refractivity contribution in [1.82, 2.24) is 0 Å². The van der Waals surface area contributed by atoms with Gasteiger partial charge in [0.15, 0.2) is 0 Å². The lowest BCUT2D eigenvalue weighted by Gasteiger charge is -2.22. The highest BCUT2D eigenvalue weighted by Gasteiger charge is 2.12. The number of hydrogen-bond donors (Lipinski definition) is 0. The van der Waals surface area contributed by atoms with Gasteiger partial charge >= 0.3 is 0 Å². The Hall–Kier alpha value is -0.830. The third-order valence-electron chi connectivity index (χ3n) is 2.69. The number of hydrogen-bond acceptors (Lipinski definition) is 3. The van der Waals surface area contributed by atoms with Crippen molar-refractivity contribution in [1.29, 1.82) is 0 Å². The van der Waals surface area contributed by atoms with Crippen molar-refractivity contribution in [3.8, 4) is 0 Å². The second-order valence-corrected chi connectivity index (χ2v) is 4.82. The van der Waals surface area contributed by atoms with E-state index in [0.717, 1.165) is 13.1 Å². The van der Waals surface area contributed by atoms with Crippen LogP contribution in [-0.4, -0.2) is 19.4 Å². The van der Waals surface area contributed by atoms with E-state index in [1.807, 2.05) is 17.7 Å². The highest BCUT2D eigenvalue weighted by Crippen LogP contribution is 2.29. The van der Waals surface area contributed by atoms with Gasteiger partial charge < -0.3 is 4.90 Å². The molecule has 0 amide bonds. The quantitative estimate of drug-likeness (QED) is 0.763. The highest BCUT2D eigenvalue weighted by atomic mass is 32.1. The number of nitrogens with zero attached hydrogens (tertiary/aromatic N) is 2. The van der Waals surface area contributed by atoms with Crippen LogP contribution in [0.5, 0.6) is 0 Å². The predicted octanol–water partition coefficient (Wildman–Crippen LogP) is 3.33. The Morgan fingerprint density at radius 1 is 1.53 bits per heavy atom. The summed E-state index contributed by atoms with van der Waals surface area (Å²) in [6.07, 6.45) is 6.95. The third kappa shape index (κ3) is 2.59. The fraction of sp³-hybridized carbons (Fsp3) is 0.583. The molecule has 0 fully saturated rings. The van der Waals surface area contributed by atoms with Crippen molar-refractivity contribution in [2.24, 2.45) is 4.99 Å². The Labute approximate surface area is 95.6 Å². The van der Waals surface area contributed by atoms with Gasteiger partial charge in [-0.25, -0.2) is 0 Å². The summed E-state index contributed by atoms with van der Waals surface area (Å²) < 4.78 is 0. The van der Waals surface area contributed by atoms with Crippen molar-refractivity contribution in [2.45, 2.75) is 32.6 Å². The molecule has 0 unspecified atom stereocenters. The molecule has 0 aliphatic carbocycles. The predicted molar refractivity (Wildman–Crippen MR) is 68.3 cm³/mol. The van der Waals surface area contributed by atoms with Crippen molar-refractivity contribution < 1.29 is 0 Å². The lowest BCUT2D eigenvalue weighted by atomic mass is 10.1. The Morgan fingerprint density at radius 3 is 3.20 bits per heavy atom. The number of rotatable bonds is 4. The summed E-state index contributed by atoms with van der Waals surface area (Å²) in [5, 5.41) is 3.61. The molecule has 15 heavy (non-hydrogen) atoms. The van der Waals surface area contributed by atoms with Crippen molar-refractivity contribution in [3.05, 3.63) is 17.0 Å². The van der Waals surface area contributed by atoms with Gasteiger partial charge in [-0.2, -0.15) is 0 Å². The number of unbranched alkanes of at least 4 members (excludes halogenated alkanes) is 1. The first-order valence-corrected chi connectivity index (χ1v) is 6.62. The van der Waals surface area contributed by atoms with Crippen LogP contribution in [0.2, 0.25) is 0 Å². The van der Waals surface area contributed by atoms with E-state index >= 15 is 0 Å². The van der Waals surface area contributed by atoms with Gasteiger partial charge in [-0.05, 0) is 36.3 Å². The summed E-state index contributed by atoms with van der Waals surface area (Å²) in [5.74, 6) is 0. The van der Waals surface area contributed by atoms with Crippen LogP contribution in [-0.2, 0) is 6.42 Å². The van der Waals surface area contributed by atoms with Gasteiger partial charge in [0.2, 0.25) is 0 Å². The molecule has 0 radical (unpaired) electrons. The second kappa shape index (κ2) is 5.31. The minimum Gasteiger partial charge on any atom is -0.324 e. The maximum atomic E-state index is 4.34. The topological polar surface area (TPSA) is 15.6 Å². The van der Waals surface area contributed by atoms with E-state index in [1.54, 1.807) is 0 Å². The Balaban J connectivity index is 2.09. The van der Waals surface area contributed by atoms with Gasteiger partial charge in [-0.1, -0.05) is 13.3 Å². The molecule has 0 saturated carbocycles. The summed E-state index contributed by atoms with van der Waals surface area (Å²) in [6, 6.07) is 2.26. The van der Waals surface area contributed by atoms with E-state index in [2.05, 4.69) is 28.3 Å². The van der Waals surface area contributed by atoms with E-state index < -0.39 is 0 Å². The van der Waals surface area contributed by atoms with E-state index in [4.69, 9.17) is 0 Å². The molecule has 0 aromatic carbocycles. The fourth-order valence-corrected chi connectivity index (χ4v) is 2.79. The van der Waals surface area contributed by atoms with Crippen LogP contribution in [0.1, 0.15) is 31.7 Å². The van der Waals surface area contributed by atoms with Crippen LogP contribution in [0.25, 0.3) is 0 Å². The molecular formula is C12H18N2S. The molecule has 2 rings (SSSR count). The molecule has 1 aromatic rings. The minimum atomic E-state index is 0.992. The van der Waals surface area contributed by atoms with Crippen LogP contribution in [0.3, 0.4) is 0 Å². The first-order valence-electron chi connectivity index (χ1n) is 5.74. The van der Waals surface area contributed by atoms with E-state index in [1.165, 1.54) is 36.2 Å². The standard InChI is InChI=1S/C12H18N2S/c1-2-3-5-11-6-9-15-12(11)14-8-4-7-13-10-14/h6,9-10H,2-5,7-8H2,1H3. The van der Waals surface area contributed by atoms with Crippen LogP contribution >= 0.6 is 11.3 Å². The number of aryl methyl sites for hydroxylation is 1. The Bertz CT molecular complexity index is 330. The molecule has 82 valence electrons. The van der Waals surface area contributed by atoms with Gasteiger partial charge in [0.25, 0.3) is 0 Å². The SMILES string of the molecule is CCCCc1ccsc1N1C=NCCC1. The van der Waals surface area contributed by atoms with Gasteiger partial charge in [0, 0.05) is 13.1 Å². The molecule has 3 heteroatoms. The number of aliphatic imine (C=N–C) groups is 1. The summed E-state index contributed by atoms with van der Waals surface area (Å²) in [4.78, 5) is 6.65. The molecule has 1 aliphatic heterocycles. The van der Waals surface area contributed by atoms with Crippen LogP contribution in [0, 0.1) is 0 Å². The average Bonchev–Trinajstić information content (AvgIpc) is 2.75. The fourth-order valence-electron chi connectivity index (χ4n) is 1.84. The summed E-state index contributed by atoms with van der Waals surface area (Å²) in [6.45, 7) is 4.36. The van der Waals surface area contributed by atoms with Crippen molar-refractivity contribution >= 4 is 22.7 Å². The van der Waals surface area contributed by atoms with Crippen LogP contribution in [0.15, 0.2) is 16.4 Å². The largest absolute Gasteiger partial charge is 0.324 e. The first-order chi connectivity index (χ1) is 7.42. The molecule has 0 N–H and O–H groups in total. The van der Waals surface area contributed by atoms with Gasteiger partial charge in [0.1, 0.15) is 0 Å². The van der Waals surface area contributed by atoms with E-state index in [-0.39, 0.29) is 0 Å². The number of thiophene rings is 1. The van der Waals surface area contributed by atoms with E-state index in [0.29, 0.717) is 0 Å². The average molecular weight is 222 g/mol. The molecule has 2 nitrogen and oxygen atoms in total. The zero-order chi connectivity index (χ0) is 10.5. The maximum absolute atomic E-state index is 4.34. The van der Waals surface area contributed by atoms with Crippen molar-refractivity contribution in [3.63, 3.8) is 0 Å². The van der Waals surface area contributed by atoms with Gasteiger partial charge in [-0.15, -0.1) is 11.3 Å². The second-order valence-electron chi connectivity index (χ2n) is 3.92. The monoisotopic (exact) mass is 222 g/mol. The zero-order valence-electron chi connectivity index (χ0n) is 9.28. The zero-order valence-corrected chi connectivity index (χ0v) is 10.1. The van der Waals surface area contributed by atoms with Crippen molar-refractivity contribution in [2.75, 3.05) is 18.0 Å². The lowest BCUT2D eigenvalue weighted by Crippen LogP contribution is -2.26. The summed E-state index contributed by atoms with van der Waals surface area (Å²) in [5.41, 5.74) is 1.50. The highest BCUT2D eigenvalue weighted by molar-refractivity contribution is 7.14.